The molecule has 2 aromatic heterocycles. The number of rotatable bonds is 6. The van der Waals surface area contributed by atoms with E-state index in [0.717, 1.165) is 11.3 Å². The fourth-order valence-electron chi connectivity index (χ4n) is 2.48. The molecule has 7 nitrogen and oxygen atoms in total. The average Bonchev–Trinajstić information content (AvgIpc) is 3.25. The van der Waals surface area contributed by atoms with E-state index in [9.17, 15) is 10.1 Å². The minimum absolute atomic E-state index is 0.177. The number of aromatic nitrogens is 2. The molecule has 0 aliphatic carbocycles. The summed E-state index contributed by atoms with van der Waals surface area (Å²) in [5, 5.41) is 16.3. The van der Waals surface area contributed by atoms with E-state index in [0.29, 0.717) is 17.9 Å². The lowest BCUT2D eigenvalue weighted by molar-refractivity contribution is -0.117. The Balaban J connectivity index is 1.72. The highest BCUT2D eigenvalue weighted by Crippen LogP contribution is 2.19. The number of carbonyl (C=O) groups is 1. The molecule has 1 amide bonds. The van der Waals surface area contributed by atoms with E-state index in [1.54, 1.807) is 17.2 Å². The molecular weight excluding hydrogens is 318 g/mol. The molecule has 0 aliphatic rings. The number of benzene rings is 1. The molecule has 1 N–H and O–H groups in total. The van der Waals surface area contributed by atoms with Crippen LogP contribution in [0.15, 0.2) is 59.5 Å². The van der Waals surface area contributed by atoms with Gasteiger partial charge in [-0.15, -0.1) is 0 Å². The summed E-state index contributed by atoms with van der Waals surface area (Å²) in [7, 11) is 1.84. The van der Waals surface area contributed by atoms with Crippen LogP contribution in [0.3, 0.4) is 0 Å². The van der Waals surface area contributed by atoms with Gasteiger partial charge in [-0.25, -0.2) is 4.68 Å². The van der Waals surface area contributed by atoms with Crippen LogP contribution in [0.2, 0.25) is 0 Å². The number of likely N-dealkylation sites (N-methyl/N-ethyl adjacent to an activating group) is 1. The van der Waals surface area contributed by atoms with Crippen molar-refractivity contribution in [3.05, 3.63) is 66.2 Å². The normalized spacial score (nSPS) is 10.6. The maximum absolute atomic E-state index is 12.4. The van der Waals surface area contributed by atoms with Crippen molar-refractivity contribution >= 4 is 11.7 Å². The molecule has 2 heterocycles. The fourth-order valence-corrected chi connectivity index (χ4v) is 2.48. The van der Waals surface area contributed by atoms with Crippen LogP contribution in [-0.2, 0) is 11.3 Å². The number of nitrogens with zero attached hydrogens (tertiary/aromatic N) is 4. The molecule has 0 bridgehead atoms. The number of para-hydroxylation sites is 1. The van der Waals surface area contributed by atoms with Crippen LogP contribution >= 0.6 is 0 Å². The van der Waals surface area contributed by atoms with E-state index in [-0.39, 0.29) is 12.5 Å². The van der Waals surface area contributed by atoms with Gasteiger partial charge in [0.15, 0.2) is 5.82 Å². The maximum atomic E-state index is 12.4. The maximum Gasteiger partial charge on any atom is 0.239 e. The van der Waals surface area contributed by atoms with E-state index >= 15 is 0 Å². The lowest BCUT2D eigenvalue weighted by Gasteiger charge is -2.16. The van der Waals surface area contributed by atoms with Gasteiger partial charge >= 0.3 is 0 Å². The Morgan fingerprint density at radius 2 is 2.16 bits per heavy atom. The number of anilines is 1. The highest BCUT2D eigenvalue weighted by Gasteiger charge is 2.16. The summed E-state index contributed by atoms with van der Waals surface area (Å²) in [6, 6.07) is 13.2. The Morgan fingerprint density at radius 3 is 2.84 bits per heavy atom. The van der Waals surface area contributed by atoms with Crippen LogP contribution in [0, 0.1) is 11.3 Å². The van der Waals surface area contributed by atoms with Crippen LogP contribution in [0.5, 0.6) is 0 Å². The number of nitriles is 1. The number of amides is 1. The molecule has 0 radical (unpaired) electrons. The van der Waals surface area contributed by atoms with Gasteiger partial charge in [-0.05, 0) is 25.2 Å². The number of hydrogen-bond donors (Lipinski definition) is 1. The molecule has 7 heteroatoms. The van der Waals surface area contributed by atoms with Crippen LogP contribution < -0.4 is 5.32 Å². The van der Waals surface area contributed by atoms with Gasteiger partial charge in [0, 0.05) is 12.1 Å². The quantitative estimate of drug-likeness (QED) is 0.747. The molecule has 0 fully saturated rings. The van der Waals surface area contributed by atoms with Crippen molar-refractivity contribution in [1.29, 1.82) is 5.26 Å². The van der Waals surface area contributed by atoms with Gasteiger partial charge in [0.05, 0.1) is 31.0 Å². The predicted molar refractivity (Wildman–Crippen MR) is 92.0 cm³/mol. The van der Waals surface area contributed by atoms with E-state index in [1.165, 1.54) is 6.20 Å². The van der Waals surface area contributed by atoms with Crippen molar-refractivity contribution in [2.75, 3.05) is 18.9 Å². The van der Waals surface area contributed by atoms with Crippen LogP contribution in [-0.4, -0.2) is 34.2 Å². The average molecular weight is 335 g/mol. The van der Waals surface area contributed by atoms with E-state index in [4.69, 9.17) is 4.42 Å². The van der Waals surface area contributed by atoms with Gasteiger partial charge in [0.2, 0.25) is 5.91 Å². The molecule has 1 aromatic carbocycles. The molecule has 3 rings (SSSR count). The van der Waals surface area contributed by atoms with Crippen molar-refractivity contribution in [2.24, 2.45) is 0 Å². The van der Waals surface area contributed by atoms with Gasteiger partial charge in [-0.3, -0.25) is 9.69 Å². The number of carbonyl (C=O) groups excluding carboxylic acids is 1. The number of furan rings is 1. The smallest absolute Gasteiger partial charge is 0.239 e. The van der Waals surface area contributed by atoms with Crippen LogP contribution in [0.4, 0.5) is 5.82 Å². The monoisotopic (exact) mass is 335 g/mol. The molecule has 0 atom stereocenters. The van der Waals surface area contributed by atoms with E-state index in [2.05, 4.69) is 16.5 Å². The minimum atomic E-state index is -0.222. The Hall–Kier alpha value is -3.37. The zero-order chi connectivity index (χ0) is 17.6. The first-order chi connectivity index (χ1) is 12.2. The van der Waals surface area contributed by atoms with Crippen molar-refractivity contribution in [1.82, 2.24) is 14.7 Å². The summed E-state index contributed by atoms with van der Waals surface area (Å²) < 4.78 is 6.57. The SMILES string of the molecule is CN(CC(=O)Nc1c(C#N)cnn1-c1ccccc1)Cc1ccoc1. The molecule has 0 saturated heterocycles. The molecule has 3 aromatic rings. The first kappa shape index (κ1) is 16.5. The summed E-state index contributed by atoms with van der Waals surface area (Å²) in [4.78, 5) is 14.2. The van der Waals surface area contributed by atoms with Crippen LogP contribution in [0.1, 0.15) is 11.1 Å². The van der Waals surface area contributed by atoms with Gasteiger partial charge < -0.3 is 9.73 Å². The fraction of sp³-hybridized carbons (Fsp3) is 0.167. The molecule has 0 spiro atoms. The van der Waals surface area contributed by atoms with E-state index in [1.807, 2.05) is 48.3 Å². The van der Waals surface area contributed by atoms with E-state index < -0.39 is 0 Å². The first-order valence-corrected chi connectivity index (χ1v) is 7.70. The first-order valence-electron chi connectivity index (χ1n) is 7.70. The van der Waals surface area contributed by atoms with Gasteiger partial charge in [0.1, 0.15) is 11.6 Å². The Bertz CT molecular complexity index is 878. The van der Waals surface area contributed by atoms with Crippen LogP contribution in [0.25, 0.3) is 5.69 Å². The molecule has 0 aliphatic heterocycles. The molecular formula is C18H17N5O2. The largest absolute Gasteiger partial charge is 0.472 e. The number of nitrogens with one attached hydrogen (secondary N) is 1. The molecule has 25 heavy (non-hydrogen) atoms. The molecule has 0 saturated carbocycles. The third-order valence-electron chi connectivity index (χ3n) is 3.59. The predicted octanol–water partition coefficient (Wildman–Crippen LogP) is 2.41. The number of hydrogen-bond acceptors (Lipinski definition) is 5. The minimum Gasteiger partial charge on any atom is -0.472 e. The molecule has 0 unspecified atom stereocenters. The lowest BCUT2D eigenvalue weighted by atomic mass is 10.3. The second-order valence-corrected chi connectivity index (χ2v) is 5.62. The summed E-state index contributed by atoms with van der Waals surface area (Å²) in [5.41, 5.74) is 2.07. The lowest BCUT2D eigenvalue weighted by Crippen LogP contribution is -2.30. The third kappa shape index (κ3) is 3.94. The van der Waals surface area contributed by atoms with Crippen molar-refractivity contribution in [3.8, 4) is 11.8 Å². The van der Waals surface area contributed by atoms with Gasteiger partial charge in [0.25, 0.3) is 0 Å². The summed E-state index contributed by atoms with van der Waals surface area (Å²) >= 11 is 0. The Kier molecular flexibility index (Phi) is 4.92. The summed E-state index contributed by atoms with van der Waals surface area (Å²) in [6.45, 7) is 0.767. The van der Waals surface area contributed by atoms with Crippen molar-refractivity contribution in [3.63, 3.8) is 0 Å². The Labute approximate surface area is 145 Å². The highest BCUT2D eigenvalue weighted by atomic mass is 16.3. The second-order valence-electron chi connectivity index (χ2n) is 5.62. The zero-order valence-corrected chi connectivity index (χ0v) is 13.7. The van der Waals surface area contributed by atoms with Gasteiger partial charge in [-0.2, -0.15) is 10.4 Å². The molecule has 126 valence electrons. The van der Waals surface area contributed by atoms with Crippen molar-refractivity contribution < 1.29 is 9.21 Å². The van der Waals surface area contributed by atoms with Gasteiger partial charge in [-0.1, -0.05) is 18.2 Å². The zero-order valence-electron chi connectivity index (χ0n) is 13.7. The summed E-state index contributed by atoms with van der Waals surface area (Å²) in [6.07, 6.45) is 4.69. The Morgan fingerprint density at radius 1 is 1.36 bits per heavy atom. The highest BCUT2D eigenvalue weighted by molar-refractivity contribution is 5.92. The summed E-state index contributed by atoms with van der Waals surface area (Å²) in [5.74, 6) is 0.149. The topological polar surface area (TPSA) is 87.1 Å². The standard InChI is InChI=1S/C18H17N5O2/c1-22(11-14-7-8-25-13-14)12-17(24)21-18-15(9-19)10-20-23(18)16-5-3-2-4-6-16/h2-8,10,13H,11-12H2,1H3,(H,21,24). The van der Waals surface area contributed by atoms with Crippen molar-refractivity contribution in [2.45, 2.75) is 6.54 Å². The third-order valence-corrected chi connectivity index (χ3v) is 3.59. The second kappa shape index (κ2) is 7.47.